The van der Waals surface area contributed by atoms with E-state index in [0.29, 0.717) is 6.42 Å². The molecular formula is C13H15NOS. The number of carbonyl (C=O) groups is 1. The van der Waals surface area contributed by atoms with E-state index in [-0.39, 0.29) is 5.78 Å². The highest BCUT2D eigenvalue weighted by atomic mass is 32.2. The number of hydrogen-bond donors (Lipinski definition) is 1. The summed E-state index contributed by atoms with van der Waals surface area (Å²) in [7, 11) is 0. The molecule has 0 aliphatic heterocycles. The summed E-state index contributed by atoms with van der Waals surface area (Å²) in [6.45, 7) is 0.915. The van der Waals surface area contributed by atoms with Crippen LogP contribution in [-0.4, -0.2) is 18.1 Å². The van der Waals surface area contributed by atoms with Crippen molar-refractivity contribution >= 4 is 17.5 Å². The number of benzene rings is 1. The van der Waals surface area contributed by atoms with Gasteiger partial charge >= 0.3 is 0 Å². The van der Waals surface area contributed by atoms with Gasteiger partial charge in [0.05, 0.1) is 0 Å². The first kappa shape index (κ1) is 11.3. The Hall–Kier alpha value is -1.22. The van der Waals surface area contributed by atoms with Gasteiger partial charge in [-0.05, 0) is 18.6 Å². The first-order valence-electron chi connectivity index (χ1n) is 5.50. The number of thioether (sulfide) groups is 1. The molecule has 3 heteroatoms. The second-order valence-electron chi connectivity index (χ2n) is 3.72. The number of allylic oxidation sites excluding steroid dienone is 2. The molecule has 16 heavy (non-hydrogen) atoms. The van der Waals surface area contributed by atoms with Crippen LogP contribution in [0, 0.1) is 0 Å². The number of hydrogen-bond acceptors (Lipinski definition) is 3. The fourth-order valence-corrected chi connectivity index (χ4v) is 2.42. The topological polar surface area (TPSA) is 29.1 Å². The van der Waals surface area contributed by atoms with Crippen LogP contribution in [-0.2, 0) is 4.79 Å². The molecule has 2 nitrogen and oxygen atoms in total. The predicted molar refractivity (Wildman–Crippen MR) is 67.5 cm³/mol. The molecule has 0 atom stereocenters. The van der Waals surface area contributed by atoms with Gasteiger partial charge in [-0.15, -0.1) is 11.8 Å². The Morgan fingerprint density at radius 1 is 1.19 bits per heavy atom. The molecular weight excluding hydrogens is 218 g/mol. The molecule has 0 aromatic heterocycles. The van der Waals surface area contributed by atoms with Crippen molar-refractivity contribution in [3.05, 3.63) is 42.1 Å². The van der Waals surface area contributed by atoms with E-state index in [9.17, 15) is 4.79 Å². The van der Waals surface area contributed by atoms with Gasteiger partial charge in [-0.25, -0.2) is 0 Å². The largest absolute Gasteiger partial charge is 0.387 e. The van der Waals surface area contributed by atoms with Crippen molar-refractivity contribution in [1.29, 1.82) is 0 Å². The Balaban J connectivity index is 1.66. The Labute approximate surface area is 100 Å². The maximum Gasteiger partial charge on any atom is 0.157 e. The molecule has 0 radical (unpaired) electrons. The minimum Gasteiger partial charge on any atom is -0.387 e. The minimum atomic E-state index is 0.248. The molecule has 0 fully saturated rings. The number of carbonyl (C=O) groups excluding carboxylic acids is 1. The van der Waals surface area contributed by atoms with Crippen molar-refractivity contribution in [3.8, 4) is 0 Å². The van der Waals surface area contributed by atoms with Crippen LogP contribution >= 0.6 is 11.8 Å². The van der Waals surface area contributed by atoms with Crippen LogP contribution < -0.4 is 5.32 Å². The van der Waals surface area contributed by atoms with E-state index in [0.717, 1.165) is 24.4 Å². The van der Waals surface area contributed by atoms with Gasteiger partial charge in [0.15, 0.2) is 5.78 Å². The third kappa shape index (κ3) is 3.42. The van der Waals surface area contributed by atoms with Gasteiger partial charge in [0.1, 0.15) is 0 Å². The van der Waals surface area contributed by atoms with Crippen LogP contribution in [0.1, 0.15) is 12.8 Å². The molecule has 0 amide bonds. The zero-order valence-electron chi connectivity index (χ0n) is 9.11. The smallest absolute Gasteiger partial charge is 0.157 e. The number of ketones is 1. The summed E-state index contributed by atoms with van der Waals surface area (Å²) in [4.78, 5) is 12.3. The van der Waals surface area contributed by atoms with Crippen molar-refractivity contribution in [3.63, 3.8) is 0 Å². The highest BCUT2D eigenvalue weighted by Gasteiger charge is 2.10. The predicted octanol–water partition coefficient (Wildman–Crippen LogP) is 2.62. The molecule has 1 aromatic carbocycles. The highest BCUT2D eigenvalue weighted by molar-refractivity contribution is 7.99. The molecule has 0 saturated heterocycles. The Morgan fingerprint density at radius 3 is 2.69 bits per heavy atom. The summed E-state index contributed by atoms with van der Waals surface area (Å²) >= 11 is 1.83. The van der Waals surface area contributed by atoms with Crippen LogP contribution in [0.3, 0.4) is 0 Å². The lowest BCUT2D eigenvalue weighted by molar-refractivity contribution is -0.114. The first-order chi connectivity index (χ1) is 7.84. The van der Waals surface area contributed by atoms with Crippen molar-refractivity contribution in [2.24, 2.45) is 0 Å². The average molecular weight is 233 g/mol. The van der Waals surface area contributed by atoms with Crippen LogP contribution in [0.2, 0.25) is 0 Å². The summed E-state index contributed by atoms with van der Waals surface area (Å²) in [5, 5.41) is 3.30. The van der Waals surface area contributed by atoms with Crippen LogP contribution in [0.4, 0.5) is 0 Å². The molecule has 1 N–H and O–H groups in total. The maximum atomic E-state index is 11.0. The molecule has 0 bridgehead atoms. The van der Waals surface area contributed by atoms with Gasteiger partial charge in [-0.2, -0.15) is 0 Å². The normalized spacial score (nSPS) is 15.0. The second kappa shape index (κ2) is 5.75. The van der Waals surface area contributed by atoms with Crippen molar-refractivity contribution in [2.75, 3.05) is 12.3 Å². The van der Waals surface area contributed by atoms with Crippen molar-refractivity contribution < 1.29 is 4.79 Å². The summed E-state index contributed by atoms with van der Waals surface area (Å²) in [5.41, 5.74) is 1.10. The van der Waals surface area contributed by atoms with Gasteiger partial charge in [0.2, 0.25) is 0 Å². The Morgan fingerprint density at radius 2 is 2.00 bits per heavy atom. The molecule has 2 rings (SSSR count). The van der Waals surface area contributed by atoms with E-state index in [2.05, 4.69) is 17.4 Å². The Kier molecular flexibility index (Phi) is 4.05. The maximum absolute atomic E-state index is 11.0. The van der Waals surface area contributed by atoms with Crippen LogP contribution in [0.5, 0.6) is 0 Å². The molecule has 0 unspecified atom stereocenters. The van der Waals surface area contributed by atoms with Gasteiger partial charge in [0.25, 0.3) is 0 Å². The third-order valence-electron chi connectivity index (χ3n) is 2.44. The average Bonchev–Trinajstić information content (AvgIpc) is 2.72. The number of rotatable bonds is 5. The van der Waals surface area contributed by atoms with E-state index in [1.165, 1.54) is 4.90 Å². The lowest BCUT2D eigenvalue weighted by Gasteiger charge is -2.06. The van der Waals surface area contributed by atoms with Crippen molar-refractivity contribution in [1.82, 2.24) is 5.32 Å². The first-order valence-corrected chi connectivity index (χ1v) is 6.48. The van der Waals surface area contributed by atoms with Gasteiger partial charge < -0.3 is 5.32 Å². The summed E-state index contributed by atoms with van der Waals surface area (Å²) in [6.07, 6.45) is 3.29. The van der Waals surface area contributed by atoms with Crippen molar-refractivity contribution in [2.45, 2.75) is 17.7 Å². The van der Waals surface area contributed by atoms with E-state index >= 15 is 0 Å². The number of nitrogens with one attached hydrogen (secondary N) is 1. The Bertz CT molecular complexity index is 386. The lowest BCUT2D eigenvalue weighted by Crippen LogP contribution is -2.15. The molecule has 1 aromatic rings. The monoisotopic (exact) mass is 233 g/mol. The SMILES string of the molecule is O=C1C=C(NCCSc2ccccc2)CC1. The summed E-state index contributed by atoms with van der Waals surface area (Å²) in [6, 6.07) is 10.4. The van der Waals surface area contributed by atoms with E-state index < -0.39 is 0 Å². The van der Waals surface area contributed by atoms with E-state index in [1.54, 1.807) is 6.08 Å². The van der Waals surface area contributed by atoms with Crippen LogP contribution in [0.15, 0.2) is 47.0 Å². The third-order valence-corrected chi connectivity index (χ3v) is 3.46. The zero-order chi connectivity index (χ0) is 11.2. The summed E-state index contributed by atoms with van der Waals surface area (Å²) < 4.78 is 0. The molecule has 0 heterocycles. The van der Waals surface area contributed by atoms with E-state index in [1.807, 2.05) is 30.0 Å². The fraction of sp³-hybridized carbons (Fsp3) is 0.308. The zero-order valence-corrected chi connectivity index (χ0v) is 9.93. The van der Waals surface area contributed by atoms with Gasteiger partial charge in [-0.3, -0.25) is 4.79 Å². The molecule has 1 aliphatic rings. The van der Waals surface area contributed by atoms with E-state index in [4.69, 9.17) is 0 Å². The van der Waals surface area contributed by atoms with Gasteiger partial charge in [-0.1, -0.05) is 18.2 Å². The van der Waals surface area contributed by atoms with Gasteiger partial charge in [0, 0.05) is 35.4 Å². The molecule has 84 valence electrons. The fourth-order valence-electron chi connectivity index (χ4n) is 1.63. The van der Waals surface area contributed by atoms with Crippen LogP contribution in [0.25, 0.3) is 0 Å². The quantitative estimate of drug-likeness (QED) is 0.626. The molecule has 1 aliphatic carbocycles. The lowest BCUT2D eigenvalue weighted by atomic mass is 10.3. The molecule has 0 spiro atoms. The molecule has 0 saturated carbocycles. The minimum absolute atomic E-state index is 0.248. The summed E-state index contributed by atoms with van der Waals surface area (Å²) in [5.74, 6) is 1.27. The standard InChI is InChI=1S/C13H15NOS/c15-12-7-6-11(10-12)14-8-9-16-13-4-2-1-3-5-13/h1-5,10,14H,6-9H2. The second-order valence-corrected chi connectivity index (χ2v) is 4.89. The highest BCUT2D eigenvalue weighted by Crippen LogP contribution is 2.16.